The number of rotatable bonds is 8. The summed E-state index contributed by atoms with van der Waals surface area (Å²) in [4.78, 5) is 21.9. The largest absolute Gasteiger partial charge is 0.477 e. The number of carbonyl (C=O) groups excluding carboxylic acids is 1. The number of hydrogen-bond acceptors (Lipinski definition) is 5. The van der Waals surface area contributed by atoms with Gasteiger partial charge in [-0.2, -0.15) is 0 Å². The van der Waals surface area contributed by atoms with Gasteiger partial charge in [-0.25, -0.2) is 0 Å². The van der Waals surface area contributed by atoms with E-state index in [9.17, 15) is 14.9 Å². The second kappa shape index (κ2) is 8.21. The van der Waals surface area contributed by atoms with E-state index in [1.165, 1.54) is 18.2 Å². The number of hydrogen-bond donors (Lipinski definition) is 2. The summed E-state index contributed by atoms with van der Waals surface area (Å²) in [7, 11) is 0. The Morgan fingerprint density at radius 1 is 1.48 bits per heavy atom. The highest BCUT2D eigenvalue weighted by Crippen LogP contribution is 2.27. The van der Waals surface area contributed by atoms with Crippen molar-refractivity contribution >= 4 is 11.6 Å². The maximum Gasteiger partial charge on any atom is 0.310 e. The lowest BCUT2D eigenvalue weighted by atomic mass is 10.1. The molecule has 7 heteroatoms. The summed E-state index contributed by atoms with van der Waals surface area (Å²) in [5.74, 6) is 0.124. The van der Waals surface area contributed by atoms with Crippen LogP contribution in [0.4, 0.5) is 5.69 Å². The maximum absolute atomic E-state index is 11.6. The zero-order valence-electron chi connectivity index (χ0n) is 12.2. The first-order valence-electron chi connectivity index (χ1n) is 6.71. The van der Waals surface area contributed by atoms with Crippen molar-refractivity contribution < 1.29 is 19.6 Å². The summed E-state index contributed by atoms with van der Waals surface area (Å²) >= 11 is 0. The molecule has 0 aliphatic carbocycles. The Hall–Kier alpha value is -2.15. The van der Waals surface area contributed by atoms with Crippen molar-refractivity contribution in [3.63, 3.8) is 0 Å². The van der Waals surface area contributed by atoms with Gasteiger partial charge in [0.2, 0.25) is 0 Å². The molecule has 0 atom stereocenters. The number of nitro benzene ring substituents is 1. The summed E-state index contributed by atoms with van der Waals surface area (Å²) in [5, 5.41) is 22.6. The van der Waals surface area contributed by atoms with Gasteiger partial charge in [-0.3, -0.25) is 14.9 Å². The average molecular weight is 296 g/mol. The van der Waals surface area contributed by atoms with Crippen molar-refractivity contribution in [2.75, 3.05) is 13.2 Å². The molecule has 2 N–H and O–H groups in total. The van der Waals surface area contributed by atoms with Gasteiger partial charge >= 0.3 is 5.69 Å². The van der Waals surface area contributed by atoms with Crippen LogP contribution in [0.2, 0.25) is 0 Å². The average Bonchev–Trinajstić information content (AvgIpc) is 2.44. The van der Waals surface area contributed by atoms with Crippen LogP contribution in [0.1, 0.15) is 25.8 Å². The van der Waals surface area contributed by atoms with Crippen LogP contribution >= 0.6 is 0 Å². The van der Waals surface area contributed by atoms with Crippen molar-refractivity contribution in [1.82, 2.24) is 5.32 Å². The summed E-state index contributed by atoms with van der Waals surface area (Å²) in [5.41, 5.74) is 0.248. The number of ether oxygens (including phenoxy) is 1. The highest BCUT2D eigenvalue weighted by Gasteiger charge is 2.16. The minimum atomic E-state index is -0.590. The third kappa shape index (κ3) is 5.78. The highest BCUT2D eigenvalue weighted by atomic mass is 16.6. The van der Waals surface area contributed by atoms with E-state index in [1.807, 2.05) is 13.8 Å². The Balaban J connectivity index is 2.61. The molecule has 1 aromatic carbocycles. The SMILES string of the molecule is CC(C)CCNC(=O)COc1cc(CO)ccc1[N+](=O)[O-]. The summed E-state index contributed by atoms with van der Waals surface area (Å²) in [6, 6.07) is 4.05. The summed E-state index contributed by atoms with van der Waals surface area (Å²) in [6.45, 7) is 4.08. The number of nitrogens with one attached hydrogen (secondary N) is 1. The van der Waals surface area contributed by atoms with Crippen LogP contribution in [-0.2, 0) is 11.4 Å². The van der Waals surface area contributed by atoms with Crippen LogP contribution in [-0.4, -0.2) is 29.1 Å². The molecule has 0 radical (unpaired) electrons. The zero-order chi connectivity index (χ0) is 15.8. The van der Waals surface area contributed by atoms with Gasteiger partial charge in [0, 0.05) is 12.6 Å². The first-order valence-corrected chi connectivity index (χ1v) is 6.71. The minimum absolute atomic E-state index is 0.0226. The Labute approximate surface area is 123 Å². The molecule has 0 aromatic heterocycles. The topological polar surface area (TPSA) is 102 Å². The van der Waals surface area contributed by atoms with Gasteiger partial charge in [-0.15, -0.1) is 0 Å². The quantitative estimate of drug-likeness (QED) is 0.560. The molecule has 7 nitrogen and oxygen atoms in total. The van der Waals surface area contributed by atoms with Gasteiger partial charge in [-0.1, -0.05) is 13.8 Å². The smallest absolute Gasteiger partial charge is 0.310 e. The fourth-order valence-electron chi connectivity index (χ4n) is 1.62. The Morgan fingerprint density at radius 3 is 2.76 bits per heavy atom. The fourth-order valence-corrected chi connectivity index (χ4v) is 1.62. The minimum Gasteiger partial charge on any atom is -0.477 e. The zero-order valence-corrected chi connectivity index (χ0v) is 12.2. The third-order valence-electron chi connectivity index (χ3n) is 2.81. The molecular weight excluding hydrogens is 276 g/mol. The van der Waals surface area contributed by atoms with Gasteiger partial charge in [0.15, 0.2) is 12.4 Å². The molecule has 0 spiro atoms. The molecule has 1 rings (SSSR count). The van der Waals surface area contributed by atoms with Crippen molar-refractivity contribution in [1.29, 1.82) is 0 Å². The molecule has 116 valence electrons. The van der Waals surface area contributed by atoms with E-state index in [2.05, 4.69) is 5.32 Å². The molecule has 1 aromatic rings. The van der Waals surface area contributed by atoms with Crippen molar-refractivity contribution in [2.24, 2.45) is 5.92 Å². The van der Waals surface area contributed by atoms with Gasteiger partial charge in [-0.05, 0) is 30.0 Å². The molecule has 0 aliphatic rings. The number of nitro groups is 1. The van der Waals surface area contributed by atoms with Crippen molar-refractivity contribution in [2.45, 2.75) is 26.9 Å². The van der Waals surface area contributed by atoms with E-state index >= 15 is 0 Å². The van der Waals surface area contributed by atoms with E-state index in [0.29, 0.717) is 18.0 Å². The van der Waals surface area contributed by atoms with Gasteiger partial charge < -0.3 is 15.2 Å². The van der Waals surface area contributed by atoms with E-state index in [-0.39, 0.29) is 30.6 Å². The van der Waals surface area contributed by atoms with Crippen LogP contribution in [0.5, 0.6) is 5.75 Å². The predicted octanol–water partition coefficient (Wildman–Crippen LogP) is 1.63. The molecule has 0 aliphatic heterocycles. The molecule has 0 saturated carbocycles. The number of carbonyl (C=O) groups is 1. The molecule has 0 heterocycles. The third-order valence-corrected chi connectivity index (χ3v) is 2.81. The predicted molar refractivity (Wildman–Crippen MR) is 77.0 cm³/mol. The van der Waals surface area contributed by atoms with Crippen LogP contribution in [0.25, 0.3) is 0 Å². The Bertz CT molecular complexity index is 502. The standard InChI is InChI=1S/C14H20N2O5/c1-10(2)5-6-15-14(18)9-21-13-7-11(8-17)3-4-12(13)16(19)20/h3-4,7,10,17H,5-6,8-9H2,1-2H3,(H,15,18). The lowest BCUT2D eigenvalue weighted by molar-refractivity contribution is -0.385. The van der Waals surface area contributed by atoms with E-state index in [0.717, 1.165) is 6.42 Å². The fraction of sp³-hybridized carbons (Fsp3) is 0.500. The Morgan fingerprint density at radius 2 is 2.19 bits per heavy atom. The lowest BCUT2D eigenvalue weighted by Crippen LogP contribution is -2.30. The van der Waals surface area contributed by atoms with Gasteiger partial charge in [0.05, 0.1) is 11.5 Å². The van der Waals surface area contributed by atoms with Crippen molar-refractivity contribution in [3.8, 4) is 5.75 Å². The normalized spacial score (nSPS) is 10.5. The van der Waals surface area contributed by atoms with E-state index < -0.39 is 4.92 Å². The maximum atomic E-state index is 11.6. The molecule has 0 fully saturated rings. The van der Waals surface area contributed by atoms with Crippen LogP contribution in [0.3, 0.4) is 0 Å². The van der Waals surface area contributed by atoms with Crippen LogP contribution < -0.4 is 10.1 Å². The van der Waals surface area contributed by atoms with Gasteiger partial charge in [0.25, 0.3) is 5.91 Å². The molecule has 0 saturated heterocycles. The summed E-state index contributed by atoms with van der Waals surface area (Å²) < 4.78 is 5.20. The Kier molecular flexibility index (Phi) is 6.61. The van der Waals surface area contributed by atoms with Crippen LogP contribution in [0, 0.1) is 16.0 Å². The first-order chi connectivity index (χ1) is 9.93. The molecular formula is C14H20N2O5. The van der Waals surface area contributed by atoms with Gasteiger partial charge in [0.1, 0.15) is 0 Å². The van der Waals surface area contributed by atoms with Crippen LogP contribution in [0.15, 0.2) is 18.2 Å². The lowest BCUT2D eigenvalue weighted by Gasteiger charge is -2.09. The summed E-state index contributed by atoms with van der Waals surface area (Å²) in [6.07, 6.45) is 0.853. The van der Waals surface area contributed by atoms with E-state index in [1.54, 1.807) is 0 Å². The number of amides is 1. The number of aliphatic hydroxyl groups excluding tert-OH is 1. The number of benzene rings is 1. The second-order valence-corrected chi connectivity index (χ2v) is 5.04. The molecule has 0 unspecified atom stereocenters. The number of aliphatic hydroxyl groups is 1. The molecule has 21 heavy (non-hydrogen) atoms. The molecule has 1 amide bonds. The van der Waals surface area contributed by atoms with E-state index in [4.69, 9.17) is 9.84 Å². The monoisotopic (exact) mass is 296 g/mol. The molecule has 0 bridgehead atoms. The highest BCUT2D eigenvalue weighted by molar-refractivity contribution is 5.77. The first kappa shape index (κ1) is 16.9. The van der Waals surface area contributed by atoms with Crippen molar-refractivity contribution in [3.05, 3.63) is 33.9 Å². The second-order valence-electron chi connectivity index (χ2n) is 5.04. The number of nitrogens with zero attached hydrogens (tertiary/aromatic N) is 1.